The average Bonchev–Trinajstić information content (AvgIpc) is 2.53. The van der Waals surface area contributed by atoms with Gasteiger partial charge in [0.2, 0.25) is 0 Å². The van der Waals surface area contributed by atoms with E-state index < -0.39 is 0 Å². The lowest BCUT2D eigenvalue weighted by atomic mass is 9.66. The molecule has 0 saturated carbocycles. The Labute approximate surface area is 142 Å². The number of rotatable bonds is 4. The van der Waals surface area contributed by atoms with E-state index in [2.05, 4.69) is 49.9 Å². The van der Waals surface area contributed by atoms with Crippen LogP contribution in [0.25, 0.3) is 0 Å². The highest BCUT2D eigenvalue weighted by molar-refractivity contribution is 5.34. The third-order valence-electron chi connectivity index (χ3n) is 5.91. The zero-order valence-corrected chi connectivity index (χ0v) is 15.2. The van der Waals surface area contributed by atoms with Gasteiger partial charge in [-0.15, -0.1) is 0 Å². The van der Waals surface area contributed by atoms with Crippen LogP contribution in [0.2, 0.25) is 0 Å². The Morgan fingerprint density at radius 2 is 1.83 bits per heavy atom. The molecule has 0 spiro atoms. The summed E-state index contributed by atoms with van der Waals surface area (Å²) >= 11 is 0. The van der Waals surface area contributed by atoms with Crippen molar-refractivity contribution < 1.29 is 4.74 Å². The van der Waals surface area contributed by atoms with Crippen LogP contribution in [0.15, 0.2) is 24.3 Å². The normalized spacial score (nSPS) is 28.7. The second kappa shape index (κ2) is 6.94. The Morgan fingerprint density at radius 3 is 2.52 bits per heavy atom. The van der Waals surface area contributed by atoms with E-state index in [0.29, 0.717) is 0 Å². The molecule has 1 atom stereocenters. The topological polar surface area (TPSA) is 12.5 Å². The van der Waals surface area contributed by atoms with Gasteiger partial charge in [-0.05, 0) is 83.6 Å². The molecule has 2 heteroatoms. The molecule has 2 heterocycles. The summed E-state index contributed by atoms with van der Waals surface area (Å²) in [4.78, 5) is 2.69. The lowest BCUT2D eigenvalue weighted by molar-refractivity contribution is -0.0855. The van der Waals surface area contributed by atoms with Crippen LogP contribution >= 0.6 is 0 Å². The maximum Gasteiger partial charge on any atom is 0.0635 e. The second-order valence-electron chi connectivity index (χ2n) is 8.28. The average molecular weight is 316 g/mol. The molecule has 0 radical (unpaired) electrons. The predicted molar refractivity (Wildman–Crippen MR) is 97.0 cm³/mol. The van der Waals surface area contributed by atoms with Gasteiger partial charge in [0.15, 0.2) is 0 Å². The van der Waals surface area contributed by atoms with Gasteiger partial charge >= 0.3 is 0 Å². The van der Waals surface area contributed by atoms with Gasteiger partial charge in [0.1, 0.15) is 0 Å². The van der Waals surface area contributed by atoms with Gasteiger partial charge in [0, 0.05) is 12.0 Å². The molecular weight excluding hydrogens is 282 g/mol. The first-order valence-corrected chi connectivity index (χ1v) is 9.43. The van der Waals surface area contributed by atoms with Gasteiger partial charge in [0.05, 0.1) is 5.60 Å². The molecule has 0 unspecified atom stereocenters. The Hall–Kier alpha value is -0.860. The smallest absolute Gasteiger partial charge is 0.0635 e. The molecule has 3 rings (SSSR count). The SMILES string of the molecule is Cc1ccccc1[C@]1(CCN2CCCCC2)CCOC(C)(C)C1. The number of hydrogen-bond acceptors (Lipinski definition) is 2. The molecule has 2 saturated heterocycles. The fraction of sp³-hybridized carbons (Fsp3) is 0.714. The summed E-state index contributed by atoms with van der Waals surface area (Å²) < 4.78 is 6.06. The van der Waals surface area contributed by atoms with Gasteiger partial charge in [-0.1, -0.05) is 30.7 Å². The number of ether oxygens (including phenoxy) is 1. The Morgan fingerprint density at radius 1 is 1.09 bits per heavy atom. The zero-order valence-electron chi connectivity index (χ0n) is 15.2. The van der Waals surface area contributed by atoms with Crippen molar-refractivity contribution in [2.75, 3.05) is 26.2 Å². The molecule has 23 heavy (non-hydrogen) atoms. The van der Waals surface area contributed by atoms with E-state index in [4.69, 9.17) is 4.74 Å². The van der Waals surface area contributed by atoms with Crippen molar-refractivity contribution in [2.45, 2.75) is 70.3 Å². The standard InChI is InChI=1S/C21H33NO/c1-18-9-5-6-10-19(18)21(12-16-23-20(2,3)17-21)11-15-22-13-7-4-8-14-22/h5-6,9-10H,4,7-8,11-17H2,1-3H3/t21-/m1/s1. The van der Waals surface area contributed by atoms with Gasteiger partial charge in [0.25, 0.3) is 0 Å². The number of piperidine rings is 1. The van der Waals surface area contributed by atoms with E-state index in [0.717, 1.165) is 19.4 Å². The molecule has 0 aliphatic carbocycles. The summed E-state index contributed by atoms with van der Waals surface area (Å²) in [5.74, 6) is 0. The fourth-order valence-corrected chi connectivity index (χ4v) is 4.78. The van der Waals surface area contributed by atoms with E-state index in [9.17, 15) is 0 Å². The third-order valence-corrected chi connectivity index (χ3v) is 5.91. The van der Waals surface area contributed by atoms with Gasteiger partial charge in [-0.2, -0.15) is 0 Å². The Balaban J connectivity index is 1.82. The van der Waals surface area contributed by atoms with Gasteiger partial charge < -0.3 is 9.64 Å². The first-order valence-electron chi connectivity index (χ1n) is 9.43. The van der Waals surface area contributed by atoms with E-state index in [1.165, 1.54) is 50.9 Å². The van der Waals surface area contributed by atoms with Crippen LogP contribution < -0.4 is 0 Å². The zero-order chi connectivity index (χ0) is 16.3. The van der Waals surface area contributed by atoms with Crippen molar-refractivity contribution in [1.82, 2.24) is 4.90 Å². The Bertz CT molecular complexity index is 518. The van der Waals surface area contributed by atoms with Gasteiger partial charge in [-0.25, -0.2) is 0 Å². The summed E-state index contributed by atoms with van der Waals surface area (Å²) in [6.45, 7) is 11.5. The lowest BCUT2D eigenvalue weighted by Crippen LogP contribution is -2.46. The number of benzene rings is 1. The van der Waals surface area contributed by atoms with Crippen molar-refractivity contribution in [2.24, 2.45) is 0 Å². The molecule has 0 bridgehead atoms. The summed E-state index contributed by atoms with van der Waals surface area (Å²) in [5.41, 5.74) is 3.28. The molecule has 0 N–H and O–H groups in total. The summed E-state index contributed by atoms with van der Waals surface area (Å²) in [5, 5.41) is 0. The number of likely N-dealkylation sites (tertiary alicyclic amines) is 1. The van der Waals surface area contributed by atoms with Crippen LogP contribution in [0.4, 0.5) is 0 Å². The minimum Gasteiger partial charge on any atom is -0.376 e. The predicted octanol–water partition coefficient (Wildman–Crippen LogP) is 4.70. The van der Waals surface area contributed by atoms with Crippen molar-refractivity contribution in [3.05, 3.63) is 35.4 Å². The molecule has 0 aromatic heterocycles. The summed E-state index contributed by atoms with van der Waals surface area (Å²) in [7, 11) is 0. The Kier molecular flexibility index (Phi) is 5.13. The van der Waals surface area contributed by atoms with Crippen molar-refractivity contribution in [1.29, 1.82) is 0 Å². The van der Waals surface area contributed by atoms with Crippen molar-refractivity contribution in [3.63, 3.8) is 0 Å². The van der Waals surface area contributed by atoms with Crippen molar-refractivity contribution >= 4 is 0 Å². The number of hydrogen-bond donors (Lipinski definition) is 0. The fourth-order valence-electron chi connectivity index (χ4n) is 4.78. The van der Waals surface area contributed by atoms with E-state index in [-0.39, 0.29) is 11.0 Å². The first kappa shape index (κ1) is 17.0. The highest BCUT2D eigenvalue weighted by Crippen LogP contribution is 2.45. The number of aryl methyl sites for hydroxylation is 1. The lowest BCUT2D eigenvalue weighted by Gasteiger charge is -2.47. The largest absolute Gasteiger partial charge is 0.376 e. The van der Waals surface area contributed by atoms with E-state index in [1.54, 1.807) is 5.56 Å². The minimum absolute atomic E-state index is 0.0115. The molecule has 1 aromatic rings. The maximum atomic E-state index is 6.06. The highest BCUT2D eigenvalue weighted by atomic mass is 16.5. The first-order chi connectivity index (χ1) is 11.0. The summed E-state index contributed by atoms with van der Waals surface area (Å²) in [6.07, 6.45) is 7.75. The van der Waals surface area contributed by atoms with Crippen LogP contribution in [-0.2, 0) is 10.2 Å². The van der Waals surface area contributed by atoms with Crippen LogP contribution in [0.1, 0.15) is 63.5 Å². The van der Waals surface area contributed by atoms with Crippen LogP contribution in [0, 0.1) is 6.92 Å². The van der Waals surface area contributed by atoms with E-state index in [1.807, 2.05) is 0 Å². The molecule has 2 fully saturated rings. The maximum absolute atomic E-state index is 6.06. The van der Waals surface area contributed by atoms with Crippen LogP contribution in [0.5, 0.6) is 0 Å². The third kappa shape index (κ3) is 3.97. The molecule has 0 amide bonds. The molecule has 2 nitrogen and oxygen atoms in total. The molecule has 128 valence electrons. The molecule has 2 aliphatic heterocycles. The quantitative estimate of drug-likeness (QED) is 0.798. The van der Waals surface area contributed by atoms with Gasteiger partial charge in [-0.3, -0.25) is 0 Å². The molecule has 2 aliphatic rings. The second-order valence-corrected chi connectivity index (χ2v) is 8.28. The van der Waals surface area contributed by atoms with Crippen LogP contribution in [0.3, 0.4) is 0 Å². The molecular formula is C21H33NO. The van der Waals surface area contributed by atoms with Crippen LogP contribution in [-0.4, -0.2) is 36.7 Å². The molecule has 1 aromatic carbocycles. The summed E-state index contributed by atoms with van der Waals surface area (Å²) in [6, 6.07) is 9.03. The highest BCUT2D eigenvalue weighted by Gasteiger charge is 2.42. The van der Waals surface area contributed by atoms with E-state index >= 15 is 0 Å². The monoisotopic (exact) mass is 315 g/mol. The number of nitrogens with zero attached hydrogens (tertiary/aromatic N) is 1. The minimum atomic E-state index is -0.0115. The van der Waals surface area contributed by atoms with Crippen molar-refractivity contribution in [3.8, 4) is 0 Å².